The van der Waals surface area contributed by atoms with Gasteiger partial charge < -0.3 is 0 Å². The Morgan fingerprint density at radius 2 is 1.30 bits per heavy atom. The molecular weight excluding hydrogens is 124 g/mol. The molecule has 2 nitrogen and oxygen atoms in total. The number of hydrogen-bond acceptors (Lipinski definition) is 2. The summed E-state index contributed by atoms with van der Waals surface area (Å²) in [6.45, 7) is 6.19. The van der Waals surface area contributed by atoms with Crippen molar-refractivity contribution in [2.45, 2.75) is 39.5 Å². The maximum absolute atomic E-state index is 5.57. The summed E-state index contributed by atoms with van der Waals surface area (Å²) in [5.41, 5.74) is 0. The van der Waals surface area contributed by atoms with Gasteiger partial charge in [0.2, 0.25) is 0 Å². The zero-order valence-corrected chi connectivity index (χ0v) is 7.27. The van der Waals surface area contributed by atoms with Crippen LogP contribution >= 0.6 is 0 Å². The first-order valence-electron chi connectivity index (χ1n) is 4.39. The summed E-state index contributed by atoms with van der Waals surface area (Å²) < 4.78 is 0. The molecule has 0 aromatic carbocycles. The molecule has 0 radical (unpaired) electrons. The fourth-order valence-electron chi connectivity index (χ4n) is 1.10. The van der Waals surface area contributed by atoms with Gasteiger partial charge in [-0.1, -0.05) is 26.7 Å². The Labute approximate surface area is 64.4 Å². The summed E-state index contributed by atoms with van der Waals surface area (Å²) in [5.74, 6) is 5.57. The summed E-state index contributed by atoms with van der Waals surface area (Å²) in [5, 5.41) is 1.92. The second-order valence-corrected chi connectivity index (χ2v) is 2.45. The van der Waals surface area contributed by atoms with E-state index in [4.69, 9.17) is 5.84 Å². The zero-order valence-electron chi connectivity index (χ0n) is 7.27. The number of rotatable bonds is 0. The summed E-state index contributed by atoms with van der Waals surface area (Å²) in [6.07, 6.45) is 5.31. The first-order chi connectivity index (χ1) is 4.89. The molecular formula is C8H20N2. The predicted molar refractivity (Wildman–Crippen MR) is 45.6 cm³/mol. The number of hydrazine groups is 1. The van der Waals surface area contributed by atoms with Crippen LogP contribution in [-0.4, -0.2) is 18.1 Å². The third-order valence-corrected chi connectivity index (χ3v) is 1.64. The van der Waals surface area contributed by atoms with Gasteiger partial charge in [-0.15, -0.1) is 0 Å². The van der Waals surface area contributed by atoms with E-state index >= 15 is 0 Å². The Morgan fingerprint density at radius 3 is 1.70 bits per heavy atom. The van der Waals surface area contributed by atoms with Gasteiger partial charge in [-0.3, -0.25) is 5.84 Å². The van der Waals surface area contributed by atoms with Crippen LogP contribution in [0.4, 0.5) is 0 Å². The monoisotopic (exact) mass is 144 g/mol. The topological polar surface area (TPSA) is 29.3 Å². The van der Waals surface area contributed by atoms with E-state index in [9.17, 15) is 0 Å². The van der Waals surface area contributed by atoms with Gasteiger partial charge in [0.25, 0.3) is 0 Å². The molecule has 1 heterocycles. The number of hydrogen-bond donors (Lipinski definition) is 1. The van der Waals surface area contributed by atoms with Crippen LogP contribution in [0.1, 0.15) is 39.5 Å². The van der Waals surface area contributed by atoms with Crippen molar-refractivity contribution >= 4 is 0 Å². The van der Waals surface area contributed by atoms with Crippen molar-refractivity contribution < 1.29 is 0 Å². The normalized spacial score (nSPS) is 20.7. The number of nitrogens with zero attached hydrogens (tertiary/aromatic N) is 1. The quantitative estimate of drug-likeness (QED) is 0.525. The Balaban J connectivity index is 0.000000371. The van der Waals surface area contributed by atoms with E-state index in [0.717, 1.165) is 13.1 Å². The molecule has 2 heteroatoms. The maximum Gasteiger partial charge on any atom is 0.0128 e. The zero-order chi connectivity index (χ0) is 7.82. The van der Waals surface area contributed by atoms with E-state index in [2.05, 4.69) is 0 Å². The summed E-state index contributed by atoms with van der Waals surface area (Å²) in [4.78, 5) is 0. The Bertz CT molecular complexity index is 56.3. The van der Waals surface area contributed by atoms with Gasteiger partial charge in [-0.05, 0) is 12.8 Å². The van der Waals surface area contributed by atoms with Crippen LogP contribution in [0.3, 0.4) is 0 Å². The molecule has 0 bridgehead atoms. The molecule has 1 saturated heterocycles. The first-order valence-corrected chi connectivity index (χ1v) is 4.39. The predicted octanol–water partition coefficient (Wildman–Crippen LogP) is 1.76. The van der Waals surface area contributed by atoms with E-state index in [1.807, 2.05) is 18.9 Å². The van der Waals surface area contributed by atoms with Crippen molar-refractivity contribution in [1.82, 2.24) is 5.01 Å². The van der Waals surface area contributed by atoms with Crippen LogP contribution in [0.5, 0.6) is 0 Å². The first kappa shape index (κ1) is 9.92. The highest BCUT2D eigenvalue weighted by atomic mass is 15.4. The molecule has 0 saturated carbocycles. The third kappa shape index (κ3) is 4.77. The van der Waals surface area contributed by atoms with Gasteiger partial charge in [0.05, 0.1) is 0 Å². The highest BCUT2D eigenvalue weighted by Crippen LogP contribution is 2.05. The maximum atomic E-state index is 5.57. The van der Waals surface area contributed by atoms with Crippen molar-refractivity contribution in [3.8, 4) is 0 Å². The molecule has 0 unspecified atom stereocenters. The van der Waals surface area contributed by atoms with Crippen molar-refractivity contribution in [3.63, 3.8) is 0 Å². The SMILES string of the molecule is CC.NN1CCCCCC1. The van der Waals surface area contributed by atoms with E-state index in [0.29, 0.717) is 0 Å². The lowest BCUT2D eigenvalue weighted by molar-refractivity contribution is 0.296. The molecule has 1 fully saturated rings. The van der Waals surface area contributed by atoms with Crippen LogP contribution < -0.4 is 5.84 Å². The average molecular weight is 144 g/mol. The molecule has 0 aliphatic carbocycles. The summed E-state index contributed by atoms with van der Waals surface area (Å²) >= 11 is 0. The van der Waals surface area contributed by atoms with Crippen LogP contribution in [0, 0.1) is 0 Å². The van der Waals surface area contributed by atoms with Crippen LogP contribution in [-0.2, 0) is 0 Å². The van der Waals surface area contributed by atoms with Gasteiger partial charge >= 0.3 is 0 Å². The van der Waals surface area contributed by atoms with Gasteiger partial charge in [-0.25, -0.2) is 5.01 Å². The molecule has 0 amide bonds. The highest BCUT2D eigenvalue weighted by molar-refractivity contribution is 4.55. The standard InChI is InChI=1S/C6H14N2.C2H6/c7-8-5-3-1-2-4-6-8;1-2/h1-7H2;1-2H3. The van der Waals surface area contributed by atoms with Crippen molar-refractivity contribution in [1.29, 1.82) is 0 Å². The molecule has 1 aliphatic rings. The molecule has 10 heavy (non-hydrogen) atoms. The van der Waals surface area contributed by atoms with Crippen molar-refractivity contribution in [2.75, 3.05) is 13.1 Å². The van der Waals surface area contributed by atoms with Crippen molar-refractivity contribution in [3.05, 3.63) is 0 Å². The summed E-state index contributed by atoms with van der Waals surface area (Å²) in [7, 11) is 0. The smallest absolute Gasteiger partial charge is 0.0128 e. The van der Waals surface area contributed by atoms with E-state index < -0.39 is 0 Å². The average Bonchev–Trinajstić information content (AvgIpc) is 2.21. The van der Waals surface area contributed by atoms with E-state index in [-0.39, 0.29) is 0 Å². The fourth-order valence-corrected chi connectivity index (χ4v) is 1.10. The molecule has 1 aliphatic heterocycles. The van der Waals surface area contributed by atoms with E-state index in [1.165, 1.54) is 25.7 Å². The Morgan fingerprint density at radius 1 is 0.900 bits per heavy atom. The minimum Gasteiger partial charge on any atom is -0.269 e. The molecule has 0 atom stereocenters. The molecule has 0 spiro atoms. The second kappa shape index (κ2) is 7.03. The van der Waals surface area contributed by atoms with Crippen LogP contribution in [0.25, 0.3) is 0 Å². The summed E-state index contributed by atoms with van der Waals surface area (Å²) in [6, 6.07) is 0. The fraction of sp³-hybridized carbons (Fsp3) is 1.00. The van der Waals surface area contributed by atoms with E-state index in [1.54, 1.807) is 0 Å². The lowest BCUT2D eigenvalue weighted by Crippen LogP contribution is -2.31. The minimum atomic E-state index is 1.10. The van der Waals surface area contributed by atoms with Gasteiger partial charge in [0.1, 0.15) is 0 Å². The molecule has 0 aromatic heterocycles. The lowest BCUT2D eigenvalue weighted by atomic mass is 10.2. The number of nitrogens with two attached hydrogens (primary N) is 1. The van der Waals surface area contributed by atoms with Crippen LogP contribution in [0.15, 0.2) is 0 Å². The van der Waals surface area contributed by atoms with Gasteiger partial charge in [0, 0.05) is 13.1 Å². The molecule has 2 N–H and O–H groups in total. The molecule has 1 rings (SSSR count). The Kier molecular flexibility index (Phi) is 6.98. The largest absolute Gasteiger partial charge is 0.269 e. The second-order valence-electron chi connectivity index (χ2n) is 2.45. The highest BCUT2D eigenvalue weighted by Gasteiger charge is 2.02. The minimum absolute atomic E-state index is 1.10. The molecule has 0 aromatic rings. The Hall–Kier alpha value is -0.0800. The van der Waals surface area contributed by atoms with Crippen LogP contribution in [0.2, 0.25) is 0 Å². The van der Waals surface area contributed by atoms with Gasteiger partial charge in [0.15, 0.2) is 0 Å². The third-order valence-electron chi connectivity index (χ3n) is 1.64. The van der Waals surface area contributed by atoms with Crippen molar-refractivity contribution in [2.24, 2.45) is 5.84 Å². The molecule has 62 valence electrons. The lowest BCUT2D eigenvalue weighted by Gasteiger charge is -2.10. The van der Waals surface area contributed by atoms with Gasteiger partial charge in [-0.2, -0.15) is 0 Å².